The Kier molecular flexibility index (Phi) is 2.77. The second kappa shape index (κ2) is 4.08. The van der Waals surface area contributed by atoms with Gasteiger partial charge in [0.05, 0.1) is 6.04 Å². The quantitative estimate of drug-likeness (QED) is 0.831. The zero-order valence-corrected chi connectivity index (χ0v) is 8.84. The molecule has 0 saturated heterocycles. The van der Waals surface area contributed by atoms with E-state index in [9.17, 15) is 8.78 Å². The average molecular weight is 226 g/mol. The summed E-state index contributed by atoms with van der Waals surface area (Å²) in [5.74, 6) is -1.07. The molecule has 0 bridgehead atoms. The monoisotopic (exact) mass is 226 g/mol. The summed E-state index contributed by atoms with van der Waals surface area (Å²) in [4.78, 5) is 3.93. The molecule has 1 atom stereocenters. The maximum absolute atomic E-state index is 13.7. The maximum Gasteiger partial charge on any atom is 0.282 e. The Morgan fingerprint density at radius 1 is 1.50 bits per heavy atom. The highest BCUT2D eigenvalue weighted by atomic mass is 19.1. The molecule has 1 aromatic rings. The van der Waals surface area contributed by atoms with E-state index in [1.54, 1.807) is 6.92 Å². The molecule has 16 heavy (non-hydrogen) atoms. The number of benzene rings is 1. The van der Waals surface area contributed by atoms with Crippen molar-refractivity contribution in [1.29, 1.82) is 0 Å². The summed E-state index contributed by atoms with van der Waals surface area (Å²) in [6.45, 7) is 1.87. The number of ether oxygens (including phenoxy) is 1. The van der Waals surface area contributed by atoms with Crippen LogP contribution in [0.5, 0.6) is 0 Å². The predicted octanol–water partition coefficient (Wildman–Crippen LogP) is 1.53. The van der Waals surface area contributed by atoms with Crippen LogP contribution in [0.3, 0.4) is 0 Å². The standard InChI is InChI=1S/C11H12F2N2O/c1-6-2-3-9(12)8(10(6)13)4-7-5-16-11(14)15-7/h2-3,7H,4-5H2,1H3,(H2,14,15). The van der Waals surface area contributed by atoms with Gasteiger partial charge in [-0.05, 0) is 18.6 Å². The van der Waals surface area contributed by atoms with E-state index < -0.39 is 11.6 Å². The van der Waals surface area contributed by atoms with E-state index in [2.05, 4.69) is 4.99 Å². The minimum atomic E-state index is -0.552. The summed E-state index contributed by atoms with van der Waals surface area (Å²) >= 11 is 0. The van der Waals surface area contributed by atoms with Crippen molar-refractivity contribution in [3.8, 4) is 0 Å². The Bertz CT molecular complexity index is 446. The van der Waals surface area contributed by atoms with Crippen LogP contribution >= 0.6 is 0 Å². The number of nitrogens with zero attached hydrogens (tertiary/aromatic N) is 1. The molecular formula is C11H12F2N2O. The summed E-state index contributed by atoms with van der Waals surface area (Å²) in [7, 11) is 0. The molecular weight excluding hydrogens is 214 g/mol. The lowest BCUT2D eigenvalue weighted by atomic mass is 10.0. The second-order valence-electron chi connectivity index (χ2n) is 3.79. The van der Waals surface area contributed by atoms with Crippen LogP contribution in [0, 0.1) is 18.6 Å². The third-order valence-corrected chi connectivity index (χ3v) is 2.55. The van der Waals surface area contributed by atoms with Gasteiger partial charge in [0.1, 0.15) is 18.2 Å². The van der Waals surface area contributed by atoms with E-state index >= 15 is 0 Å². The maximum atomic E-state index is 13.7. The fourth-order valence-electron chi connectivity index (χ4n) is 1.68. The summed E-state index contributed by atoms with van der Waals surface area (Å²) in [5, 5.41) is 0. The van der Waals surface area contributed by atoms with Crippen molar-refractivity contribution in [3.05, 3.63) is 34.9 Å². The molecule has 0 saturated carbocycles. The van der Waals surface area contributed by atoms with Crippen LogP contribution in [0.4, 0.5) is 8.78 Å². The zero-order valence-electron chi connectivity index (χ0n) is 8.84. The number of hydrogen-bond donors (Lipinski definition) is 1. The number of aryl methyl sites for hydroxylation is 1. The first-order chi connectivity index (χ1) is 7.58. The van der Waals surface area contributed by atoms with E-state index in [1.165, 1.54) is 12.1 Å². The summed E-state index contributed by atoms with van der Waals surface area (Å²) in [6, 6.07) is 2.46. The minimum absolute atomic E-state index is 0.0482. The van der Waals surface area contributed by atoms with Crippen molar-refractivity contribution in [2.75, 3.05) is 6.61 Å². The molecule has 0 aromatic heterocycles. The van der Waals surface area contributed by atoms with Crippen molar-refractivity contribution in [1.82, 2.24) is 0 Å². The molecule has 0 radical (unpaired) electrons. The highest BCUT2D eigenvalue weighted by Gasteiger charge is 2.21. The highest BCUT2D eigenvalue weighted by molar-refractivity contribution is 5.73. The van der Waals surface area contributed by atoms with Crippen molar-refractivity contribution in [2.45, 2.75) is 19.4 Å². The number of hydrogen-bond acceptors (Lipinski definition) is 3. The van der Waals surface area contributed by atoms with Gasteiger partial charge in [0.25, 0.3) is 6.02 Å². The number of rotatable bonds is 2. The van der Waals surface area contributed by atoms with E-state index in [1.807, 2.05) is 0 Å². The number of amidine groups is 1. The van der Waals surface area contributed by atoms with Gasteiger partial charge in [0.2, 0.25) is 0 Å². The van der Waals surface area contributed by atoms with Gasteiger partial charge in [-0.2, -0.15) is 0 Å². The van der Waals surface area contributed by atoms with E-state index in [4.69, 9.17) is 10.5 Å². The van der Waals surface area contributed by atoms with Gasteiger partial charge in [0.15, 0.2) is 0 Å². The van der Waals surface area contributed by atoms with Crippen LogP contribution in [0.15, 0.2) is 17.1 Å². The Labute approximate surface area is 91.9 Å². The Hall–Kier alpha value is -1.65. The lowest BCUT2D eigenvalue weighted by molar-refractivity contribution is 0.310. The molecule has 1 heterocycles. The lowest BCUT2D eigenvalue weighted by Crippen LogP contribution is -2.13. The Balaban J connectivity index is 2.24. The molecule has 0 fully saturated rings. The summed E-state index contributed by atoms with van der Waals surface area (Å²) in [6.07, 6.45) is 0.167. The highest BCUT2D eigenvalue weighted by Crippen LogP contribution is 2.20. The van der Waals surface area contributed by atoms with E-state index in [0.29, 0.717) is 5.56 Å². The van der Waals surface area contributed by atoms with Crippen LogP contribution in [0.1, 0.15) is 11.1 Å². The van der Waals surface area contributed by atoms with Crippen LogP contribution < -0.4 is 5.73 Å². The number of halogens is 2. The third kappa shape index (κ3) is 1.98. The number of aliphatic imine (C=N–C) groups is 1. The molecule has 1 aromatic carbocycles. The molecule has 86 valence electrons. The van der Waals surface area contributed by atoms with Crippen molar-refractivity contribution in [2.24, 2.45) is 10.7 Å². The van der Waals surface area contributed by atoms with Crippen molar-refractivity contribution < 1.29 is 13.5 Å². The van der Waals surface area contributed by atoms with Gasteiger partial charge >= 0.3 is 0 Å². The summed E-state index contributed by atoms with van der Waals surface area (Å²) < 4.78 is 32.0. The van der Waals surface area contributed by atoms with Crippen molar-refractivity contribution >= 4 is 6.02 Å². The molecule has 1 unspecified atom stereocenters. The normalized spacial score (nSPS) is 19.4. The fraction of sp³-hybridized carbons (Fsp3) is 0.364. The lowest BCUT2D eigenvalue weighted by Gasteiger charge is -2.09. The molecule has 3 nitrogen and oxygen atoms in total. The van der Waals surface area contributed by atoms with Gasteiger partial charge in [-0.1, -0.05) is 6.07 Å². The predicted molar refractivity (Wildman–Crippen MR) is 56.2 cm³/mol. The first-order valence-corrected chi connectivity index (χ1v) is 4.97. The first-order valence-electron chi connectivity index (χ1n) is 4.97. The van der Waals surface area contributed by atoms with Gasteiger partial charge in [-0.25, -0.2) is 13.8 Å². The van der Waals surface area contributed by atoms with Crippen LogP contribution in [0.25, 0.3) is 0 Å². The van der Waals surface area contributed by atoms with Crippen LogP contribution in [-0.2, 0) is 11.2 Å². The molecule has 1 aliphatic heterocycles. The molecule has 5 heteroatoms. The minimum Gasteiger partial charge on any atom is -0.463 e. The van der Waals surface area contributed by atoms with Gasteiger partial charge in [-0.3, -0.25) is 0 Å². The number of nitrogens with two attached hydrogens (primary N) is 1. The Morgan fingerprint density at radius 2 is 2.25 bits per heavy atom. The first kappa shape index (κ1) is 10.9. The molecule has 0 spiro atoms. The largest absolute Gasteiger partial charge is 0.463 e. The molecule has 2 N–H and O–H groups in total. The van der Waals surface area contributed by atoms with E-state index in [-0.39, 0.29) is 30.7 Å². The average Bonchev–Trinajstić information content (AvgIpc) is 2.65. The molecule has 0 aliphatic carbocycles. The molecule has 2 rings (SSSR count). The zero-order chi connectivity index (χ0) is 11.7. The molecule has 0 amide bonds. The smallest absolute Gasteiger partial charge is 0.282 e. The second-order valence-corrected chi connectivity index (χ2v) is 3.79. The van der Waals surface area contributed by atoms with Crippen LogP contribution in [0.2, 0.25) is 0 Å². The van der Waals surface area contributed by atoms with Gasteiger partial charge < -0.3 is 10.5 Å². The SMILES string of the molecule is Cc1ccc(F)c(CC2COC(N)=N2)c1F. The van der Waals surface area contributed by atoms with Gasteiger partial charge in [-0.15, -0.1) is 0 Å². The molecule has 1 aliphatic rings. The topological polar surface area (TPSA) is 47.6 Å². The van der Waals surface area contributed by atoms with Gasteiger partial charge in [0, 0.05) is 12.0 Å². The summed E-state index contributed by atoms with van der Waals surface area (Å²) in [5.41, 5.74) is 5.80. The van der Waals surface area contributed by atoms with Crippen molar-refractivity contribution in [3.63, 3.8) is 0 Å². The third-order valence-electron chi connectivity index (χ3n) is 2.55. The van der Waals surface area contributed by atoms with E-state index in [0.717, 1.165) is 0 Å². The van der Waals surface area contributed by atoms with Crippen LogP contribution in [-0.4, -0.2) is 18.7 Å². The Morgan fingerprint density at radius 3 is 2.88 bits per heavy atom. The fourth-order valence-corrected chi connectivity index (χ4v) is 1.68.